The molecule has 6 heteroatoms. The molecule has 2 amide bonds. The first-order valence-corrected chi connectivity index (χ1v) is 8.94. The Morgan fingerprint density at radius 3 is 2.93 bits per heavy atom. The van der Waals surface area contributed by atoms with E-state index in [2.05, 4.69) is 10.3 Å². The molecule has 0 spiro atoms. The van der Waals surface area contributed by atoms with Crippen molar-refractivity contribution in [3.63, 3.8) is 0 Å². The molecule has 1 aromatic heterocycles. The summed E-state index contributed by atoms with van der Waals surface area (Å²) in [4.78, 5) is 29.9. The third kappa shape index (κ3) is 3.30. The van der Waals surface area contributed by atoms with E-state index in [9.17, 15) is 14.0 Å². The Labute approximate surface area is 156 Å². The highest BCUT2D eigenvalue weighted by atomic mass is 19.1. The van der Waals surface area contributed by atoms with E-state index in [-0.39, 0.29) is 17.6 Å². The quantitative estimate of drug-likeness (QED) is 0.740. The Bertz CT molecular complexity index is 1030. The third-order valence-corrected chi connectivity index (χ3v) is 5.09. The van der Waals surface area contributed by atoms with Crippen molar-refractivity contribution >= 4 is 28.4 Å². The minimum absolute atomic E-state index is 0.0458. The maximum absolute atomic E-state index is 13.7. The number of aryl methyl sites for hydroxylation is 1. The molecule has 27 heavy (non-hydrogen) atoms. The number of rotatable bonds is 4. The maximum atomic E-state index is 13.7. The van der Waals surface area contributed by atoms with Crippen LogP contribution in [-0.2, 0) is 16.1 Å². The lowest BCUT2D eigenvalue weighted by molar-refractivity contribution is -0.133. The van der Waals surface area contributed by atoms with Crippen LogP contribution in [0.25, 0.3) is 10.9 Å². The predicted octanol–water partition coefficient (Wildman–Crippen LogP) is 3.75. The number of nitrogens with zero attached hydrogens (tertiary/aromatic N) is 1. The second-order valence-electron chi connectivity index (χ2n) is 6.89. The van der Waals surface area contributed by atoms with Gasteiger partial charge in [-0.1, -0.05) is 24.3 Å². The normalized spacial score (nSPS) is 16.9. The standard InChI is InChI=1S/C21H20FN3O2/c1-13-6-7-15(10-17(13)22)24-21(27)19-8-9-20(26)25(19)12-14-11-23-18-5-3-2-4-16(14)18/h2-7,10-11,19,23H,8-9,12H2,1H3,(H,24,27). The summed E-state index contributed by atoms with van der Waals surface area (Å²) in [6, 6.07) is 11.9. The summed E-state index contributed by atoms with van der Waals surface area (Å²) >= 11 is 0. The molecule has 2 N–H and O–H groups in total. The predicted molar refractivity (Wildman–Crippen MR) is 102 cm³/mol. The molecule has 0 aliphatic carbocycles. The summed E-state index contributed by atoms with van der Waals surface area (Å²) in [6.07, 6.45) is 2.67. The lowest BCUT2D eigenvalue weighted by Gasteiger charge is -2.24. The van der Waals surface area contributed by atoms with Gasteiger partial charge in [0.25, 0.3) is 0 Å². The number of carbonyl (C=O) groups is 2. The Morgan fingerprint density at radius 1 is 1.30 bits per heavy atom. The summed E-state index contributed by atoms with van der Waals surface area (Å²) < 4.78 is 13.7. The van der Waals surface area contributed by atoms with Gasteiger partial charge in [-0.25, -0.2) is 4.39 Å². The van der Waals surface area contributed by atoms with Crippen LogP contribution in [0.15, 0.2) is 48.7 Å². The largest absolute Gasteiger partial charge is 0.361 e. The summed E-state index contributed by atoms with van der Waals surface area (Å²) in [5.41, 5.74) is 2.88. The molecule has 1 aliphatic rings. The van der Waals surface area contributed by atoms with Gasteiger partial charge >= 0.3 is 0 Å². The van der Waals surface area contributed by atoms with E-state index in [1.807, 2.05) is 30.5 Å². The number of aromatic nitrogens is 1. The third-order valence-electron chi connectivity index (χ3n) is 5.09. The number of para-hydroxylation sites is 1. The van der Waals surface area contributed by atoms with Crippen LogP contribution in [0.1, 0.15) is 24.0 Å². The highest BCUT2D eigenvalue weighted by Gasteiger charge is 2.36. The zero-order valence-corrected chi connectivity index (χ0v) is 15.0. The summed E-state index contributed by atoms with van der Waals surface area (Å²) in [6.45, 7) is 2.03. The molecule has 2 heterocycles. The van der Waals surface area contributed by atoms with Crippen molar-refractivity contribution in [3.8, 4) is 0 Å². The van der Waals surface area contributed by atoms with Crippen molar-refractivity contribution in [1.82, 2.24) is 9.88 Å². The van der Waals surface area contributed by atoms with Gasteiger partial charge in [-0.05, 0) is 42.7 Å². The fourth-order valence-corrected chi connectivity index (χ4v) is 3.55. The molecular weight excluding hydrogens is 345 g/mol. The van der Waals surface area contributed by atoms with Gasteiger partial charge in [0, 0.05) is 35.8 Å². The van der Waals surface area contributed by atoms with Crippen molar-refractivity contribution in [2.75, 3.05) is 5.32 Å². The number of halogens is 1. The average Bonchev–Trinajstić information content (AvgIpc) is 3.23. The highest BCUT2D eigenvalue weighted by Crippen LogP contribution is 2.26. The highest BCUT2D eigenvalue weighted by molar-refractivity contribution is 5.99. The first kappa shape index (κ1) is 17.3. The summed E-state index contributed by atoms with van der Waals surface area (Å²) in [7, 11) is 0. The number of hydrogen-bond donors (Lipinski definition) is 2. The number of carbonyl (C=O) groups excluding carboxylic acids is 2. The second-order valence-corrected chi connectivity index (χ2v) is 6.89. The number of aromatic amines is 1. The Balaban J connectivity index is 1.53. The molecule has 0 radical (unpaired) electrons. The minimum Gasteiger partial charge on any atom is -0.361 e. The fraction of sp³-hybridized carbons (Fsp3) is 0.238. The molecule has 5 nitrogen and oxygen atoms in total. The monoisotopic (exact) mass is 365 g/mol. The van der Waals surface area contributed by atoms with Crippen molar-refractivity contribution < 1.29 is 14.0 Å². The van der Waals surface area contributed by atoms with E-state index in [0.717, 1.165) is 16.5 Å². The van der Waals surface area contributed by atoms with Crippen LogP contribution in [-0.4, -0.2) is 27.7 Å². The fourth-order valence-electron chi connectivity index (χ4n) is 3.55. The number of likely N-dealkylation sites (tertiary alicyclic amines) is 1. The van der Waals surface area contributed by atoms with Gasteiger partial charge in [-0.2, -0.15) is 0 Å². The first-order chi connectivity index (χ1) is 13.0. The van der Waals surface area contributed by atoms with E-state index in [1.54, 1.807) is 24.0 Å². The Kier molecular flexibility index (Phi) is 4.39. The van der Waals surface area contributed by atoms with E-state index in [1.165, 1.54) is 6.07 Å². The molecule has 1 fully saturated rings. The van der Waals surface area contributed by atoms with Crippen LogP contribution < -0.4 is 5.32 Å². The van der Waals surface area contributed by atoms with Gasteiger partial charge in [0.05, 0.1) is 0 Å². The smallest absolute Gasteiger partial charge is 0.247 e. The Hall–Kier alpha value is -3.15. The van der Waals surface area contributed by atoms with E-state index < -0.39 is 6.04 Å². The number of benzene rings is 2. The number of anilines is 1. The van der Waals surface area contributed by atoms with Gasteiger partial charge in [0.1, 0.15) is 11.9 Å². The Morgan fingerprint density at radius 2 is 2.11 bits per heavy atom. The SMILES string of the molecule is Cc1ccc(NC(=O)C2CCC(=O)N2Cc2c[nH]c3ccccc23)cc1F. The summed E-state index contributed by atoms with van der Waals surface area (Å²) in [5.74, 6) is -0.703. The molecule has 138 valence electrons. The van der Waals surface area contributed by atoms with E-state index >= 15 is 0 Å². The van der Waals surface area contributed by atoms with Gasteiger partial charge in [-0.15, -0.1) is 0 Å². The molecular formula is C21H20FN3O2. The lowest BCUT2D eigenvalue weighted by Crippen LogP contribution is -2.41. The molecule has 1 saturated heterocycles. The molecule has 0 saturated carbocycles. The zero-order chi connectivity index (χ0) is 19.0. The van der Waals surface area contributed by atoms with Crippen LogP contribution in [0.5, 0.6) is 0 Å². The maximum Gasteiger partial charge on any atom is 0.247 e. The van der Waals surface area contributed by atoms with E-state index in [0.29, 0.717) is 30.6 Å². The molecule has 4 rings (SSSR count). The van der Waals surface area contributed by atoms with Gasteiger partial charge < -0.3 is 15.2 Å². The number of amides is 2. The molecule has 1 atom stereocenters. The zero-order valence-electron chi connectivity index (χ0n) is 15.0. The number of H-pyrrole nitrogens is 1. The van der Waals surface area contributed by atoms with Crippen LogP contribution in [0.4, 0.5) is 10.1 Å². The minimum atomic E-state index is -0.560. The number of nitrogens with one attached hydrogen (secondary N) is 2. The van der Waals surface area contributed by atoms with Crippen LogP contribution in [0, 0.1) is 12.7 Å². The molecule has 1 aliphatic heterocycles. The number of hydrogen-bond acceptors (Lipinski definition) is 2. The molecule has 2 aromatic carbocycles. The van der Waals surface area contributed by atoms with E-state index in [4.69, 9.17) is 0 Å². The van der Waals surface area contributed by atoms with Crippen LogP contribution in [0.2, 0.25) is 0 Å². The molecule has 0 bridgehead atoms. The molecule has 3 aromatic rings. The van der Waals surface area contributed by atoms with Crippen molar-refractivity contribution in [2.45, 2.75) is 32.4 Å². The first-order valence-electron chi connectivity index (χ1n) is 8.94. The van der Waals surface area contributed by atoms with Gasteiger partial charge in [0.2, 0.25) is 11.8 Å². The second kappa shape index (κ2) is 6.87. The molecule has 1 unspecified atom stereocenters. The van der Waals surface area contributed by atoms with Crippen LogP contribution >= 0.6 is 0 Å². The van der Waals surface area contributed by atoms with Gasteiger partial charge in [0.15, 0.2) is 0 Å². The average molecular weight is 365 g/mol. The topological polar surface area (TPSA) is 65.2 Å². The van der Waals surface area contributed by atoms with Crippen molar-refractivity contribution in [2.24, 2.45) is 0 Å². The van der Waals surface area contributed by atoms with Crippen molar-refractivity contribution in [1.29, 1.82) is 0 Å². The number of fused-ring (bicyclic) bond motifs is 1. The van der Waals surface area contributed by atoms with Gasteiger partial charge in [-0.3, -0.25) is 9.59 Å². The lowest BCUT2D eigenvalue weighted by atomic mass is 10.1. The summed E-state index contributed by atoms with van der Waals surface area (Å²) in [5, 5.41) is 3.78. The van der Waals surface area contributed by atoms with Crippen molar-refractivity contribution in [3.05, 3.63) is 65.6 Å². The van der Waals surface area contributed by atoms with Crippen LogP contribution in [0.3, 0.4) is 0 Å².